The maximum absolute atomic E-state index is 5.92. The first-order chi connectivity index (χ1) is 12.0. The highest BCUT2D eigenvalue weighted by molar-refractivity contribution is 7.09. The van der Waals surface area contributed by atoms with Crippen molar-refractivity contribution in [2.75, 3.05) is 26.3 Å². The van der Waals surface area contributed by atoms with Gasteiger partial charge < -0.3 is 4.74 Å². The number of aryl methyl sites for hydroxylation is 2. The molecule has 0 spiro atoms. The van der Waals surface area contributed by atoms with Crippen molar-refractivity contribution in [1.82, 2.24) is 14.7 Å². The van der Waals surface area contributed by atoms with E-state index in [0.29, 0.717) is 0 Å². The third-order valence-corrected chi connectivity index (χ3v) is 6.67. The molecule has 0 saturated carbocycles. The van der Waals surface area contributed by atoms with E-state index in [4.69, 9.17) is 4.74 Å². The van der Waals surface area contributed by atoms with Crippen LogP contribution in [0.5, 0.6) is 0 Å². The first-order valence-electron chi connectivity index (χ1n) is 9.29. The van der Waals surface area contributed by atoms with E-state index in [1.807, 2.05) is 29.3 Å². The van der Waals surface area contributed by atoms with Crippen LogP contribution in [0.3, 0.4) is 0 Å². The molecular weight excluding hydrogens is 330 g/mol. The van der Waals surface area contributed by atoms with Crippen molar-refractivity contribution in [2.24, 2.45) is 12.5 Å². The summed E-state index contributed by atoms with van der Waals surface area (Å²) in [5, 5.41) is 6.55. The molecule has 0 N–H and O–H groups in total. The molecule has 1 saturated heterocycles. The monoisotopic (exact) mass is 361 g/mol. The third-order valence-electron chi connectivity index (χ3n) is 5.73. The normalized spacial score (nSPS) is 21.9. The molecule has 2 aromatic rings. The molecule has 2 aromatic heterocycles. The fourth-order valence-electron chi connectivity index (χ4n) is 3.89. The molecule has 5 heteroatoms. The summed E-state index contributed by atoms with van der Waals surface area (Å²) in [6.07, 6.45) is 7.73. The Hall–Kier alpha value is -1.17. The molecule has 0 unspecified atom stereocenters. The van der Waals surface area contributed by atoms with Crippen molar-refractivity contribution in [3.05, 3.63) is 40.3 Å². The van der Waals surface area contributed by atoms with Crippen LogP contribution in [0.15, 0.2) is 29.9 Å². The van der Waals surface area contributed by atoms with Crippen LogP contribution in [-0.2, 0) is 23.7 Å². The van der Waals surface area contributed by atoms with Crippen molar-refractivity contribution < 1.29 is 4.74 Å². The van der Waals surface area contributed by atoms with Gasteiger partial charge in [0.25, 0.3) is 0 Å². The Morgan fingerprint density at radius 2 is 2.24 bits per heavy atom. The second-order valence-electron chi connectivity index (χ2n) is 7.85. The predicted molar refractivity (Wildman–Crippen MR) is 104 cm³/mol. The molecule has 3 rings (SSSR count). The van der Waals surface area contributed by atoms with Crippen molar-refractivity contribution in [3.8, 4) is 0 Å². The number of nitrogens with zero attached hydrogens (tertiary/aromatic N) is 3. The molecule has 25 heavy (non-hydrogen) atoms. The lowest BCUT2D eigenvalue weighted by Crippen LogP contribution is -2.42. The van der Waals surface area contributed by atoms with E-state index in [-0.39, 0.29) is 11.0 Å². The van der Waals surface area contributed by atoms with Crippen LogP contribution in [0.1, 0.15) is 44.1 Å². The fraction of sp³-hybridized carbons (Fsp3) is 0.650. The summed E-state index contributed by atoms with van der Waals surface area (Å²) in [7, 11) is 1.99. The fourth-order valence-corrected chi connectivity index (χ4v) is 4.60. The standard InChI is InChI=1S/C20H31N3OS/c1-5-24-16-20(9-8-18-7-6-12-25-18)10-11-23(15-20)19(2,3)17-13-21-22(4)14-17/h6-7,12-14H,5,8-11,15-16H2,1-4H3/t20-/m0/s1. The zero-order valence-electron chi connectivity index (χ0n) is 16.0. The van der Waals surface area contributed by atoms with E-state index in [0.717, 1.165) is 32.7 Å². The van der Waals surface area contributed by atoms with E-state index in [9.17, 15) is 0 Å². The van der Waals surface area contributed by atoms with Crippen LogP contribution < -0.4 is 0 Å². The second-order valence-corrected chi connectivity index (χ2v) is 8.88. The van der Waals surface area contributed by atoms with Gasteiger partial charge in [-0.15, -0.1) is 11.3 Å². The summed E-state index contributed by atoms with van der Waals surface area (Å²) >= 11 is 1.87. The predicted octanol–water partition coefficient (Wildman–Crippen LogP) is 4.08. The number of hydrogen-bond acceptors (Lipinski definition) is 4. The van der Waals surface area contributed by atoms with Gasteiger partial charge in [0.05, 0.1) is 12.8 Å². The summed E-state index contributed by atoms with van der Waals surface area (Å²) in [4.78, 5) is 4.11. The molecule has 0 aliphatic carbocycles. The van der Waals surface area contributed by atoms with E-state index < -0.39 is 0 Å². The Labute approximate surface area is 155 Å². The average molecular weight is 362 g/mol. The largest absolute Gasteiger partial charge is 0.381 e. The smallest absolute Gasteiger partial charge is 0.0540 e. The number of likely N-dealkylation sites (tertiary alicyclic amines) is 1. The maximum atomic E-state index is 5.92. The van der Waals surface area contributed by atoms with Gasteiger partial charge in [0, 0.05) is 47.8 Å². The molecule has 0 amide bonds. The Morgan fingerprint density at radius 1 is 1.40 bits per heavy atom. The maximum Gasteiger partial charge on any atom is 0.0540 e. The average Bonchev–Trinajstić information content (AvgIpc) is 3.32. The number of aromatic nitrogens is 2. The van der Waals surface area contributed by atoms with Gasteiger partial charge in [-0.25, -0.2) is 0 Å². The highest BCUT2D eigenvalue weighted by atomic mass is 32.1. The summed E-state index contributed by atoms with van der Waals surface area (Å²) in [5.74, 6) is 0. The molecule has 1 atom stereocenters. The zero-order chi connectivity index (χ0) is 17.9. The molecule has 3 heterocycles. The number of ether oxygens (including phenoxy) is 1. The minimum absolute atomic E-state index is 0.00512. The highest BCUT2D eigenvalue weighted by Crippen LogP contribution is 2.41. The summed E-state index contributed by atoms with van der Waals surface area (Å²) in [6, 6.07) is 4.41. The quantitative estimate of drug-likeness (QED) is 0.710. The Kier molecular flexibility index (Phi) is 5.66. The molecule has 0 radical (unpaired) electrons. The first kappa shape index (κ1) is 18.6. The minimum atomic E-state index is 0.00512. The van der Waals surface area contributed by atoms with Crippen molar-refractivity contribution in [2.45, 2.75) is 45.6 Å². The second kappa shape index (κ2) is 7.60. The number of thiophene rings is 1. The molecule has 1 fully saturated rings. The Bertz CT molecular complexity index is 664. The van der Waals surface area contributed by atoms with Gasteiger partial charge in [-0.3, -0.25) is 9.58 Å². The van der Waals surface area contributed by atoms with E-state index in [2.05, 4.69) is 54.5 Å². The highest BCUT2D eigenvalue weighted by Gasteiger charge is 2.43. The molecule has 0 bridgehead atoms. The number of rotatable bonds is 8. The molecule has 0 aromatic carbocycles. The van der Waals surface area contributed by atoms with Gasteiger partial charge in [-0.1, -0.05) is 6.07 Å². The lowest BCUT2D eigenvalue weighted by atomic mass is 9.82. The molecule has 4 nitrogen and oxygen atoms in total. The summed E-state index contributed by atoms with van der Waals surface area (Å²) in [5.41, 5.74) is 1.56. The van der Waals surface area contributed by atoms with Crippen LogP contribution in [0.4, 0.5) is 0 Å². The third kappa shape index (κ3) is 4.15. The SMILES string of the molecule is CCOC[C@@]1(CCc2cccs2)CCN(C(C)(C)c2cnn(C)c2)C1. The molecule has 1 aliphatic rings. The topological polar surface area (TPSA) is 30.3 Å². The Morgan fingerprint density at radius 3 is 2.88 bits per heavy atom. The van der Waals surface area contributed by atoms with Crippen LogP contribution in [-0.4, -0.2) is 41.0 Å². The summed E-state index contributed by atoms with van der Waals surface area (Å²) < 4.78 is 7.82. The van der Waals surface area contributed by atoms with Crippen LogP contribution in [0.2, 0.25) is 0 Å². The van der Waals surface area contributed by atoms with Crippen LogP contribution in [0, 0.1) is 5.41 Å². The van der Waals surface area contributed by atoms with Crippen molar-refractivity contribution in [3.63, 3.8) is 0 Å². The minimum Gasteiger partial charge on any atom is -0.381 e. The molecule has 1 aliphatic heterocycles. The van der Waals surface area contributed by atoms with Gasteiger partial charge in [-0.05, 0) is 58.0 Å². The molecular formula is C20H31N3OS. The van der Waals surface area contributed by atoms with Crippen molar-refractivity contribution in [1.29, 1.82) is 0 Å². The van der Waals surface area contributed by atoms with Gasteiger partial charge in [0.15, 0.2) is 0 Å². The van der Waals surface area contributed by atoms with E-state index in [1.54, 1.807) is 0 Å². The lowest BCUT2D eigenvalue weighted by Gasteiger charge is -2.37. The van der Waals surface area contributed by atoms with Gasteiger partial charge in [0.1, 0.15) is 0 Å². The molecule has 138 valence electrons. The zero-order valence-corrected chi connectivity index (χ0v) is 16.8. The van der Waals surface area contributed by atoms with E-state index in [1.165, 1.54) is 23.3 Å². The van der Waals surface area contributed by atoms with E-state index >= 15 is 0 Å². The Balaban J connectivity index is 1.72. The van der Waals surface area contributed by atoms with Crippen LogP contribution >= 0.6 is 11.3 Å². The van der Waals surface area contributed by atoms with Crippen LogP contribution in [0.25, 0.3) is 0 Å². The lowest BCUT2D eigenvalue weighted by molar-refractivity contribution is 0.0386. The van der Waals surface area contributed by atoms with Gasteiger partial charge in [0.2, 0.25) is 0 Å². The van der Waals surface area contributed by atoms with Gasteiger partial charge in [-0.2, -0.15) is 5.10 Å². The first-order valence-corrected chi connectivity index (χ1v) is 10.2. The number of hydrogen-bond donors (Lipinski definition) is 0. The van der Waals surface area contributed by atoms with Crippen molar-refractivity contribution >= 4 is 11.3 Å². The summed E-state index contributed by atoms with van der Waals surface area (Å²) in [6.45, 7) is 10.6. The van der Waals surface area contributed by atoms with Gasteiger partial charge >= 0.3 is 0 Å².